The van der Waals surface area contributed by atoms with E-state index in [0.29, 0.717) is 5.69 Å². The van der Waals surface area contributed by atoms with Crippen LogP contribution in [-0.4, -0.2) is 21.5 Å². The highest BCUT2D eigenvalue weighted by molar-refractivity contribution is 5.93. The standard InChI is InChI=1S/C13H14F3N7/c1-7-5-23(6-20-7)10-3-8(13(14,15)16)2-9(4-10)21-12(19)22-11(17)18/h2-6H,1H3,(H6,17,18,19,21,22). The molecule has 2 aromatic rings. The van der Waals surface area contributed by atoms with E-state index < -0.39 is 11.7 Å². The van der Waals surface area contributed by atoms with Crippen LogP contribution in [0.1, 0.15) is 11.3 Å². The molecule has 0 unspecified atom stereocenters. The molecule has 0 aliphatic carbocycles. The highest BCUT2D eigenvalue weighted by Gasteiger charge is 2.31. The first kappa shape index (κ1) is 16.3. The molecule has 1 heterocycles. The summed E-state index contributed by atoms with van der Waals surface area (Å²) in [6.07, 6.45) is -1.55. The van der Waals surface area contributed by atoms with E-state index in [4.69, 9.17) is 17.2 Å². The van der Waals surface area contributed by atoms with E-state index in [1.807, 2.05) is 0 Å². The summed E-state index contributed by atoms with van der Waals surface area (Å²) >= 11 is 0. The maximum absolute atomic E-state index is 13.0. The quantitative estimate of drug-likeness (QED) is 0.571. The lowest BCUT2D eigenvalue weighted by Crippen LogP contribution is -2.26. The second-order valence-corrected chi connectivity index (χ2v) is 4.66. The molecule has 0 atom stereocenters. The molecule has 0 spiro atoms. The molecule has 0 radical (unpaired) electrons. The lowest BCUT2D eigenvalue weighted by molar-refractivity contribution is -0.137. The van der Waals surface area contributed by atoms with Gasteiger partial charge in [-0.1, -0.05) is 0 Å². The van der Waals surface area contributed by atoms with Gasteiger partial charge in [0.05, 0.1) is 23.3 Å². The number of alkyl halides is 3. The van der Waals surface area contributed by atoms with Crippen molar-refractivity contribution in [2.45, 2.75) is 13.1 Å². The van der Waals surface area contributed by atoms with Crippen LogP contribution in [0.4, 0.5) is 18.9 Å². The SMILES string of the molecule is Cc1cn(-c2cc(N=C(N)N=C(N)N)cc(C(F)(F)F)c2)cn1. The van der Waals surface area contributed by atoms with Gasteiger partial charge in [-0.05, 0) is 25.1 Å². The predicted octanol–water partition coefficient (Wildman–Crippen LogP) is 1.42. The number of aryl methyl sites for hydroxylation is 1. The predicted molar refractivity (Wildman–Crippen MR) is 80.4 cm³/mol. The van der Waals surface area contributed by atoms with Gasteiger partial charge in [-0.15, -0.1) is 0 Å². The van der Waals surface area contributed by atoms with Crippen LogP contribution < -0.4 is 17.2 Å². The van der Waals surface area contributed by atoms with E-state index in [2.05, 4.69) is 15.0 Å². The van der Waals surface area contributed by atoms with Gasteiger partial charge in [-0.3, -0.25) is 0 Å². The first-order valence-electron chi connectivity index (χ1n) is 6.32. The number of hydrogen-bond acceptors (Lipinski definition) is 2. The molecule has 6 N–H and O–H groups in total. The van der Waals surface area contributed by atoms with Crippen LogP contribution in [0.3, 0.4) is 0 Å². The summed E-state index contributed by atoms with van der Waals surface area (Å²) in [7, 11) is 0. The highest BCUT2D eigenvalue weighted by atomic mass is 19.4. The van der Waals surface area contributed by atoms with Crippen molar-refractivity contribution in [1.29, 1.82) is 0 Å². The zero-order chi connectivity index (χ0) is 17.2. The molecule has 2 rings (SSSR count). The van der Waals surface area contributed by atoms with Crippen molar-refractivity contribution < 1.29 is 13.2 Å². The number of aromatic nitrogens is 2. The van der Waals surface area contributed by atoms with Crippen LogP contribution in [-0.2, 0) is 6.18 Å². The first-order valence-corrected chi connectivity index (χ1v) is 6.32. The first-order chi connectivity index (χ1) is 10.6. The number of nitrogens with zero attached hydrogens (tertiary/aromatic N) is 4. The van der Waals surface area contributed by atoms with Gasteiger partial charge in [0.25, 0.3) is 0 Å². The molecule has 0 amide bonds. The van der Waals surface area contributed by atoms with Crippen molar-refractivity contribution in [2.75, 3.05) is 0 Å². The fourth-order valence-corrected chi connectivity index (χ4v) is 1.82. The van der Waals surface area contributed by atoms with Gasteiger partial charge in [0.15, 0.2) is 5.96 Å². The Morgan fingerprint density at radius 2 is 1.87 bits per heavy atom. The molecule has 0 bridgehead atoms. The maximum atomic E-state index is 13.0. The summed E-state index contributed by atoms with van der Waals surface area (Å²) < 4.78 is 40.6. The molecular weight excluding hydrogens is 311 g/mol. The van der Waals surface area contributed by atoms with Gasteiger partial charge in [0.1, 0.15) is 0 Å². The minimum atomic E-state index is -4.54. The molecule has 0 aliphatic heterocycles. The van der Waals surface area contributed by atoms with Crippen molar-refractivity contribution in [2.24, 2.45) is 27.2 Å². The third-order valence-corrected chi connectivity index (χ3v) is 2.73. The number of aliphatic imine (C=N–C) groups is 2. The van der Waals surface area contributed by atoms with Gasteiger partial charge < -0.3 is 21.8 Å². The lowest BCUT2D eigenvalue weighted by Gasteiger charge is -2.11. The Hall–Kier alpha value is -3.04. The Morgan fingerprint density at radius 3 is 2.39 bits per heavy atom. The summed E-state index contributed by atoms with van der Waals surface area (Å²) in [4.78, 5) is 11.2. The van der Waals surface area contributed by atoms with Gasteiger partial charge in [-0.25, -0.2) is 9.98 Å². The summed E-state index contributed by atoms with van der Waals surface area (Å²) in [5, 5.41) is 0. The van der Waals surface area contributed by atoms with Crippen LogP contribution in [0.2, 0.25) is 0 Å². The van der Waals surface area contributed by atoms with Gasteiger partial charge in [0.2, 0.25) is 5.96 Å². The fourth-order valence-electron chi connectivity index (χ4n) is 1.82. The second-order valence-electron chi connectivity index (χ2n) is 4.66. The van der Waals surface area contributed by atoms with Crippen LogP contribution in [0.5, 0.6) is 0 Å². The minimum absolute atomic E-state index is 0.0383. The molecule has 23 heavy (non-hydrogen) atoms. The molecule has 0 saturated heterocycles. The third kappa shape index (κ3) is 4.22. The Balaban J connectivity index is 2.57. The van der Waals surface area contributed by atoms with E-state index >= 15 is 0 Å². The fraction of sp³-hybridized carbons (Fsp3) is 0.154. The Morgan fingerprint density at radius 1 is 1.17 bits per heavy atom. The van der Waals surface area contributed by atoms with Crippen LogP contribution in [0.15, 0.2) is 40.7 Å². The number of halogens is 3. The molecule has 1 aromatic carbocycles. The van der Waals surface area contributed by atoms with Crippen molar-refractivity contribution in [3.63, 3.8) is 0 Å². The third-order valence-electron chi connectivity index (χ3n) is 2.73. The van der Waals surface area contributed by atoms with Crippen molar-refractivity contribution >= 4 is 17.6 Å². The monoisotopic (exact) mass is 325 g/mol. The maximum Gasteiger partial charge on any atom is 0.416 e. The highest BCUT2D eigenvalue weighted by Crippen LogP contribution is 2.33. The average Bonchev–Trinajstić information content (AvgIpc) is 2.83. The van der Waals surface area contributed by atoms with Gasteiger partial charge in [0, 0.05) is 11.9 Å². The molecule has 1 aromatic heterocycles. The summed E-state index contributed by atoms with van der Waals surface area (Å²) in [5.74, 6) is -0.694. The topological polar surface area (TPSA) is 121 Å². The molecule has 0 fully saturated rings. The normalized spacial score (nSPS) is 12.3. The number of benzene rings is 1. The van der Waals surface area contributed by atoms with Crippen molar-refractivity contribution in [1.82, 2.24) is 9.55 Å². The zero-order valence-electron chi connectivity index (χ0n) is 12.0. The Kier molecular flexibility index (Phi) is 4.25. The molecule has 10 heteroatoms. The van der Waals surface area contributed by atoms with E-state index in [1.165, 1.54) is 17.0 Å². The Bertz CT molecular complexity index is 770. The van der Waals surface area contributed by atoms with E-state index in [9.17, 15) is 13.2 Å². The van der Waals surface area contributed by atoms with E-state index in [-0.39, 0.29) is 23.3 Å². The van der Waals surface area contributed by atoms with E-state index in [0.717, 1.165) is 12.1 Å². The lowest BCUT2D eigenvalue weighted by atomic mass is 10.1. The molecular formula is C13H14F3N7. The van der Waals surface area contributed by atoms with Crippen molar-refractivity contribution in [3.8, 4) is 5.69 Å². The van der Waals surface area contributed by atoms with Crippen LogP contribution in [0.25, 0.3) is 5.69 Å². The zero-order valence-corrected chi connectivity index (χ0v) is 12.0. The largest absolute Gasteiger partial charge is 0.416 e. The number of guanidine groups is 2. The van der Waals surface area contributed by atoms with Crippen LogP contribution in [0, 0.1) is 6.92 Å². The van der Waals surface area contributed by atoms with Crippen molar-refractivity contribution in [3.05, 3.63) is 42.0 Å². The van der Waals surface area contributed by atoms with Crippen LogP contribution >= 0.6 is 0 Å². The number of nitrogens with two attached hydrogens (primary N) is 3. The summed E-state index contributed by atoms with van der Waals surface area (Å²) in [5.41, 5.74) is 15.7. The molecule has 122 valence electrons. The molecule has 0 saturated carbocycles. The molecule has 0 aliphatic rings. The number of hydrogen-bond donors (Lipinski definition) is 3. The average molecular weight is 325 g/mol. The smallest absolute Gasteiger partial charge is 0.370 e. The number of imidazole rings is 1. The van der Waals surface area contributed by atoms with E-state index in [1.54, 1.807) is 13.1 Å². The molecule has 7 nitrogen and oxygen atoms in total. The second kappa shape index (κ2) is 5.99. The summed E-state index contributed by atoms with van der Waals surface area (Å²) in [6.45, 7) is 1.72. The van der Waals surface area contributed by atoms with Gasteiger partial charge >= 0.3 is 6.18 Å². The van der Waals surface area contributed by atoms with Gasteiger partial charge in [-0.2, -0.15) is 18.2 Å². The minimum Gasteiger partial charge on any atom is -0.370 e. The summed E-state index contributed by atoms with van der Waals surface area (Å²) in [6, 6.07) is 3.24. The Labute approximate surface area is 129 Å². The number of rotatable bonds is 2.